The van der Waals surface area contributed by atoms with E-state index in [-0.39, 0.29) is 24.8 Å². The number of β-amino-alcohol motifs (C(OH)–C–C–N with tert-alkyl or cyclic N) is 1. The van der Waals surface area contributed by atoms with Crippen LogP contribution in [0.15, 0.2) is 24.5 Å². The van der Waals surface area contributed by atoms with Gasteiger partial charge in [0.1, 0.15) is 17.8 Å². The van der Waals surface area contributed by atoms with Crippen molar-refractivity contribution in [3.8, 4) is 11.4 Å². The standard InChI is InChI=1S/C21H28N6O5/c1-21(2,3)17(19(30)26-10-13(28)8-16(26)18(29)22-4)27-11-15(24-25-27)14-7-6-12(9-23-14)20(31)32-5/h6-7,9,11,13,16-17,28H,8,10H2,1-5H3,(H,22,29)/t13-,16+,17-/m1/s1. The number of esters is 1. The molecule has 172 valence electrons. The van der Waals surface area contributed by atoms with Gasteiger partial charge in [-0.1, -0.05) is 26.0 Å². The number of carbonyl (C=O) groups is 3. The molecule has 2 aromatic heterocycles. The molecule has 11 heteroatoms. The number of ether oxygens (including phenoxy) is 1. The van der Waals surface area contributed by atoms with Crippen molar-refractivity contribution in [3.63, 3.8) is 0 Å². The minimum absolute atomic E-state index is 0.0710. The van der Waals surface area contributed by atoms with Crippen molar-refractivity contribution < 1.29 is 24.2 Å². The molecule has 0 aliphatic carbocycles. The minimum Gasteiger partial charge on any atom is -0.465 e. The van der Waals surface area contributed by atoms with Crippen LogP contribution in [0.2, 0.25) is 0 Å². The average Bonchev–Trinajstić information content (AvgIpc) is 3.38. The van der Waals surface area contributed by atoms with Crippen molar-refractivity contribution in [1.29, 1.82) is 0 Å². The Hall–Kier alpha value is -3.34. The van der Waals surface area contributed by atoms with Crippen LogP contribution in [0.5, 0.6) is 0 Å². The molecule has 32 heavy (non-hydrogen) atoms. The van der Waals surface area contributed by atoms with E-state index in [4.69, 9.17) is 0 Å². The zero-order chi connectivity index (χ0) is 23.6. The largest absolute Gasteiger partial charge is 0.465 e. The van der Waals surface area contributed by atoms with Crippen molar-refractivity contribution in [3.05, 3.63) is 30.1 Å². The van der Waals surface area contributed by atoms with Crippen LogP contribution in [0.4, 0.5) is 0 Å². The first-order chi connectivity index (χ1) is 15.1. The van der Waals surface area contributed by atoms with Crippen LogP contribution in [0.3, 0.4) is 0 Å². The Morgan fingerprint density at radius 3 is 2.53 bits per heavy atom. The molecule has 2 N–H and O–H groups in total. The topological polar surface area (TPSA) is 140 Å². The summed E-state index contributed by atoms with van der Waals surface area (Å²) in [6, 6.07) is 1.67. The molecule has 3 rings (SSSR count). The molecular weight excluding hydrogens is 416 g/mol. The predicted molar refractivity (Wildman–Crippen MR) is 113 cm³/mol. The molecule has 11 nitrogen and oxygen atoms in total. The molecule has 0 aromatic carbocycles. The second-order valence-corrected chi connectivity index (χ2v) is 8.79. The van der Waals surface area contributed by atoms with Crippen LogP contribution < -0.4 is 5.32 Å². The third kappa shape index (κ3) is 4.62. The number of likely N-dealkylation sites (N-methyl/N-ethyl adjacent to an activating group) is 1. The Morgan fingerprint density at radius 2 is 1.97 bits per heavy atom. The number of likely N-dealkylation sites (tertiary alicyclic amines) is 1. The molecule has 0 radical (unpaired) electrons. The van der Waals surface area contributed by atoms with Crippen LogP contribution in [-0.4, -0.2) is 80.6 Å². The zero-order valence-electron chi connectivity index (χ0n) is 18.8. The van der Waals surface area contributed by atoms with Gasteiger partial charge in [0, 0.05) is 26.2 Å². The van der Waals surface area contributed by atoms with E-state index >= 15 is 0 Å². The minimum atomic E-state index is -0.772. The van der Waals surface area contributed by atoms with E-state index in [1.807, 2.05) is 20.8 Å². The van der Waals surface area contributed by atoms with Gasteiger partial charge in [-0.25, -0.2) is 9.48 Å². The number of aliphatic hydroxyl groups is 1. The van der Waals surface area contributed by atoms with E-state index in [9.17, 15) is 19.5 Å². The Labute approximate surface area is 185 Å². The molecule has 1 aliphatic rings. The summed E-state index contributed by atoms with van der Waals surface area (Å²) in [6.07, 6.45) is 2.40. The third-order valence-electron chi connectivity index (χ3n) is 5.39. The number of rotatable bonds is 5. The number of nitrogens with zero attached hydrogens (tertiary/aromatic N) is 5. The molecule has 3 atom stereocenters. The molecule has 0 bridgehead atoms. The molecule has 1 saturated heterocycles. The first-order valence-electron chi connectivity index (χ1n) is 10.2. The summed E-state index contributed by atoms with van der Waals surface area (Å²) in [7, 11) is 2.79. The van der Waals surface area contributed by atoms with Crippen LogP contribution in [0.1, 0.15) is 43.6 Å². The second kappa shape index (κ2) is 9.03. The summed E-state index contributed by atoms with van der Waals surface area (Å²) < 4.78 is 6.13. The summed E-state index contributed by atoms with van der Waals surface area (Å²) >= 11 is 0. The second-order valence-electron chi connectivity index (χ2n) is 8.79. The predicted octanol–water partition coefficient (Wildman–Crippen LogP) is 0.422. The van der Waals surface area contributed by atoms with Crippen LogP contribution in [-0.2, 0) is 14.3 Å². The van der Waals surface area contributed by atoms with E-state index in [0.29, 0.717) is 17.0 Å². The van der Waals surface area contributed by atoms with Crippen molar-refractivity contribution in [1.82, 2.24) is 30.2 Å². The number of hydrogen-bond donors (Lipinski definition) is 2. The molecule has 1 fully saturated rings. The van der Waals surface area contributed by atoms with Crippen molar-refractivity contribution in [2.75, 3.05) is 20.7 Å². The molecule has 0 spiro atoms. The third-order valence-corrected chi connectivity index (χ3v) is 5.39. The van der Waals surface area contributed by atoms with Gasteiger partial charge in [-0.15, -0.1) is 5.10 Å². The van der Waals surface area contributed by atoms with Gasteiger partial charge in [-0.3, -0.25) is 14.6 Å². The van der Waals surface area contributed by atoms with Gasteiger partial charge in [-0.05, 0) is 17.5 Å². The SMILES string of the molecule is CNC(=O)[C@@H]1C[C@@H](O)CN1C(=O)[C@@H](n1cc(-c2ccc(C(=O)OC)cn2)nn1)C(C)(C)C. The number of pyridine rings is 1. The van der Waals surface area contributed by atoms with E-state index in [0.717, 1.165) is 0 Å². The number of aliphatic hydroxyl groups excluding tert-OH is 1. The lowest BCUT2D eigenvalue weighted by Crippen LogP contribution is -2.49. The first kappa shape index (κ1) is 23.3. The number of amides is 2. The fourth-order valence-corrected chi connectivity index (χ4v) is 3.81. The molecular formula is C21H28N6O5. The Kier molecular flexibility index (Phi) is 6.58. The molecule has 1 aliphatic heterocycles. The van der Waals surface area contributed by atoms with Gasteiger partial charge in [0.25, 0.3) is 0 Å². The Morgan fingerprint density at radius 1 is 1.25 bits per heavy atom. The Balaban J connectivity index is 1.91. The van der Waals surface area contributed by atoms with Gasteiger partial charge in [-0.2, -0.15) is 0 Å². The monoisotopic (exact) mass is 444 g/mol. The van der Waals surface area contributed by atoms with Gasteiger partial charge in [0.15, 0.2) is 0 Å². The number of methoxy groups -OCH3 is 1. The van der Waals surface area contributed by atoms with Crippen LogP contribution in [0, 0.1) is 5.41 Å². The molecule has 0 unspecified atom stereocenters. The Bertz CT molecular complexity index is 997. The summed E-state index contributed by atoms with van der Waals surface area (Å²) in [4.78, 5) is 43.1. The van der Waals surface area contributed by atoms with E-state index < -0.39 is 29.6 Å². The van der Waals surface area contributed by atoms with Crippen LogP contribution in [0.25, 0.3) is 11.4 Å². The van der Waals surface area contributed by atoms with E-state index in [1.54, 1.807) is 18.3 Å². The summed E-state index contributed by atoms with van der Waals surface area (Å²) in [5.41, 5.74) is 0.640. The maximum Gasteiger partial charge on any atom is 0.339 e. The van der Waals surface area contributed by atoms with Crippen molar-refractivity contribution >= 4 is 17.8 Å². The maximum atomic E-state index is 13.5. The van der Waals surface area contributed by atoms with E-state index in [2.05, 4.69) is 25.3 Å². The first-order valence-corrected chi connectivity index (χ1v) is 10.2. The lowest BCUT2D eigenvalue weighted by Gasteiger charge is -2.34. The highest BCUT2D eigenvalue weighted by atomic mass is 16.5. The fraction of sp³-hybridized carbons (Fsp3) is 0.524. The number of nitrogens with one attached hydrogen (secondary N) is 1. The van der Waals surface area contributed by atoms with Gasteiger partial charge < -0.3 is 20.1 Å². The average molecular weight is 444 g/mol. The molecule has 3 heterocycles. The van der Waals surface area contributed by atoms with Gasteiger partial charge in [0.05, 0.1) is 30.7 Å². The number of hydrogen-bond acceptors (Lipinski definition) is 8. The van der Waals surface area contributed by atoms with Gasteiger partial charge in [0.2, 0.25) is 11.8 Å². The van der Waals surface area contributed by atoms with Crippen molar-refractivity contribution in [2.45, 2.75) is 45.4 Å². The lowest BCUT2D eigenvalue weighted by atomic mass is 9.85. The zero-order valence-corrected chi connectivity index (χ0v) is 18.8. The smallest absolute Gasteiger partial charge is 0.339 e. The normalized spacial score (nSPS) is 19.5. The molecule has 2 amide bonds. The molecule has 2 aromatic rings. The highest BCUT2D eigenvalue weighted by Gasteiger charge is 2.45. The van der Waals surface area contributed by atoms with Crippen LogP contribution >= 0.6 is 0 Å². The summed E-state index contributed by atoms with van der Waals surface area (Å²) in [5, 5.41) is 21.0. The summed E-state index contributed by atoms with van der Waals surface area (Å²) in [6.45, 7) is 5.74. The maximum absolute atomic E-state index is 13.5. The highest BCUT2D eigenvalue weighted by molar-refractivity contribution is 5.90. The van der Waals surface area contributed by atoms with E-state index in [1.165, 1.54) is 29.9 Å². The van der Waals surface area contributed by atoms with Gasteiger partial charge >= 0.3 is 5.97 Å². The number of aromatic nitrogens is 4. The lowest BCUT2D eigenvalue weighted by molar-refractivity contribution is -0.144. The fourth-order valence-electron chi connectivity index (χ4n) is 3.81. The summed E-state index contributed by atoms with van der Waals surface area (Å²) in [5.74, 6) is -1.14. The van der Waals surface area contributed by atoms with Crippen molar-refractivity contribution in [2.24, 2.45) is 5.41 Å². The molecule has 0 saturated carbocycles. The quantitative estimate of drug-likeness (QED) is 0.633. The highest BCUT2D eigenvalue weighted by Crippen LogP contribution is 2.34. The number of carbonyl (C=O) groups excluding carboxylic acids is 3.